The highest BCUT2D eigenvalue weighted by Gasteiger charge is 2.01. The van der Waals surface area contributed by atoms with Gasteiger partial charge in [0, 0.05) is 12.1 Å². The zero-order valence-electron chi connectivity index (χ0n) is 11.7. The second-order valence-corrected chi connectivity index (χ2v) is 5.12. The molecule has 1 rings (SSSR count). The van der Waals surface area contributed by atoms with Crippen molar-refractivity contribution in [3.05, 3.63) is 35.4 Å². The Labute approximate surface area is 111 Å². The second kappa shape index (κ2) is 7.92. The van der Waals surface area contributed by atoms with Crippen molar-refractivity contribution >= 4 is 0 Å². The highest BCUT2D eigenvalue weighted by Crippen LogP contribution is 2.08. The highest BCUT2D eigenvalue weighted by molar-refractivity contribution is 5.36. The summed E-state index contributed by atoms with van der Waals surface area (Å²) >= 11 is 0. The molecule has 2 nitrogen and oxygen atoms in total. The van der Waals surface area contributed by atoms with Gasteiger partial charge in [0.1, 0.15) is 0 Å². The van der Waals surface area contributed by atoms with Gasteiger partial charge in [-0.1, -0.05) is 37.8 Å². The summed E-state index contributed by atoms with van der Waals surface area (Å²) < 4.78 is 0. The molecule has 0 aromatic heterocycles. The van der Waals surface area contributed by atoms with Gasteiger partial charge in [-0.25, -0.2) is 0 Å². The average Bonchev–Trinajstić information content (AvgIpc) is 2.35. The zero-order chi connectivity index (χ0) is 13.4. The molecule has 0 heterocycles. The van der Waals surface area contributed by atoms with Crippen molar-refractivity contribution in [2.75, 3.05) is 20.1 Å². The van der Waals surface area contributed by atoms with E-state index >= 15 is 0 Å². The van der Waals surface area contributed by atoms with E-state index in [1.807, 2.05) is 0 Å². The lowest BCUT2D eigenvalue weighted by atomic mass is 10.1. The van der Waals surface area contributed by atoms with E-state index < -0.39 is 0 Å². The maximum atomic E-state index is 5.35. The maximum absolute atomic E-state index is 5.35. The van der Waals surface area contributed by atoms with E-state index in [-0.39, 0.29) is 0 Å². The molecule has 0 aliphatic heterocycles. The van der Waals surface area contributed by atoms with Gasteiger partial charge in [0.2, 0.25) is 0 Å². The van der Waals surface area contributed by atoms with Crippen LogP contribution in [0.2, 0.25) is 0 Å². The van der Waals surface area contributed by atoms with E-state index in [4.69, 9.17) is 5.73 Å². The van der Waals surface area contributed by atoms with Crippen LogP contribution in [-0.2, 0) is 6.54 Å². The van der Waals surface area contributed by atoms with Gasteiger partial charge in [-0.05, 0) is 43.6 Å². The summed E-state index contributed by atoms with van der Waals surface area (Å²) in [6, 6.07) is 8.42. The molecule has 2 N–H and O–H groups in total. The van der Waals surface area contributed by atoms with Crippen LogP contribution < -0.4 is 5.73 Å². The fourth-order valence-electron chi connectivity index (χ4n) is 1.72. The van der Waals surface area contributed by atoms with Gasteiger partial charge < -0.3 is 10.6 Å². The third-order valence-corrected chi connectivity index (χ3v) is 2.83. The van der Waals surface area contributed by atoms with E-state index in [1.54, 1.807) is 0 Å². The molecule has 0 aliphatic rings. The Kier molecular flexibility index (Phi) is 6.49. The van der Waals surface area contributed by atoms with Crippen LogP contribution in [0.5, 0.6) is 0 Å². The van der Waals surface area contributed by atoms with Crippen LogP contribution in [0.3, 0.4) is 0 Å². The SMILES string of the molecule is CC(C)CCN(C)Cc1ccc(C#CCN)cc1. The Hall–Kier alpha value is -1.30. The van der Waals surface area contributed by atoms with Crippen molar-refractivity contribution < 1.29 is 0 Å². The van der Waals surface area contributed by atoms with E-state index in [0.29, 0.717) is 6.54 Å². The predicted molar refractivity (Wildman–Crippen MR) is 78.2 cm³/mol. The first-order valence-electron chi connectivity index (χ1n) is 6.58. The minimum atomic E-state index is 0.416. The van der Waals surface area contributed by atoms with Crippen LogP contribution in [0.1, 0.15) is 31.4 Å². The molecule has 0 spiro atoms. The van der Waals surface area contributed by atoms with Gasteiger partial charge in [-0.2, -0.15) is 0 Å². The second-order valence-electron chi connectivity index (χ2n) is 5.12. The summed E-state index contributed by atoms with van der Waals surface area (Å²) in [6.07, 6.45) is 1.25. The molecule has 0 saturated carbocycles. The van der Waals surface area contributed by atoms with Crippen LogP contribution in [0.4, 0.5) is 0 Å². The van der Waals surface area contributed by atoms with Crippen LogP contribution in [0.15, 0.2) is 24.3 Å². The minimum absolute atomic E-state index is 0.416. The molecule has 0 saturated heterocycles. The predicted octanol–water partition coefficient (Wildman–Crippen LogP) is 2.47. The van der Waals surface area contributed by atoms with Gasteiger partial charge in [-0.15, -0.1) is 0 Å². The fourth-order valence-corrected chi connectivity index (χ4v) is 1.72. The van der Waals surface area contributed by atoms with E-state index in [2.05, 4.69) is 61.9 Å². The molecule has 1 aromatic rings. The van der Waals surface area contributed by atoms with Crippen molar-refractivity contribution in [3.63, 3.8) is 0 Å². The van der Waals surface area contributed by atoms with Crippen molar-refractivity contribution in [2.24, 2.45) is 11.7 Å². The minimum Gasteiger partial charge on any atom is -0.320 e. The summed E-state index contributed by atoms with van der Waals surface area (Å²) in [5.41, 5.74) is 7.72. The molecule has 0 atom stereocenters. The molecular formula is C16H24N2. The lowest BCUT2D eigenvalue weighted by Gasteiger charge is -2.17. The normalized spacial score (nSPS) is 10.6. The third-order valence-electron chi connectivity index (χ3n) is 2.83. The molecule has 98 valence electrons. The lowest BCUT2D eigenvalue weighted by molar-refractivity contribution is 0.303. The monoisotopic (exact) mass is 244 g/mol. The molecule has 0 amide bonds. The number of rotatable bonds is 5. The Balaban J connectivity index is 2.47. The first-order valence-corrected chi connectivity index (χ1v) is 6.58. The molecule has 2 heteroatoms. The summed E-state index contributed by atoms with van der Waals surface area (Å²) in [4.78, 5) is 2.36. The Morgan fingerprint density at radius 1 is 1.22 bits per heavy atom. The first kappa shape index (κ1) is 14.8. The van der Waals surface area contributed by atoms with Gasteiger partial charge in [0.05, 0.1) is 6.54 Å². The van der Waals surface area contributed by atoms with Gasteiger partial charge in [0.25, 0.3) is 0 Å². The number of nitrogens with two attached hydrogens (primary N) is 1. The molecule has 1 aromatic carbocycles. The van der Waals surface area contributed by atoms with Crippen LogP contribution in [0, 0.1) is 17.8 Å². The van der Waals surface area contributed by atoms with E-state index in [1.165, 1.54) is 12.0 Å². The molecule has 0 unspecified atom stereocenters. The quantitative estimate of drug-likeness (QED) is 0.806. The van der Waals surface area contributed by atoms with Gasteiger partial charge in [-0.3, -0.25) is 0 Å². The summed E-state index contributed by atoms with van der Waals surface area (Å²) in [5, 5.41) is 0. The smallest absolute Gasteiger partial charge is 0.0555 e. The number of hydrogen-bond acceptors (Lipinski definition) is 2. The van der Waals surface area contributed by atoms with Crippen molar-refractivity contribution in [1.29, 1.82) is 0 Å². The maximum Gasteiger partial charge on any atom is 0.0555 e. The van der Waals surface area contributed by atoms with Gasteiger partial charge >= 0.3 is 0 Å². The number of nitrogens with zero attached hydrogens (tertiary/aromatic N) is 1. The largest absolute Gasteiger partial charge is 0.320 e. The summed E-state index contributed by atoms with van der Waals surface area (Å²) in [5.74, 6) is 6.67. The lowest BCUT2D eigenvalue weighted by Crippen LogP contribution is -2.20. The van der Waals surface area contributed by atoms with Gasteiger partial charge in [0.15, 0.2) is 0 Å². The van der Waals surface area contributed by atoms with E-state index in [9.17, 15) is 0 Å². The van der Waals surface area contributed by atoms with Crippen molar-refractivity contribution in [3.8, 4) is 11.8 Å². The molecule has 0 radical (unpaired) electrons. The van der Waals surface area contributed by atoms with E-state index in [0.717, 1.165) is 24.6 Å². The molecule has 0 bridgehead atoms. The topological polar surface area (TPSA) is 29.3 Å². The summed E-state index contributed by atoms with van der Waals surface area (Å²) in [6.45, 7) is 7.08. The zero-order valence-corrected chi connectivity index (χ0v) is 11.7. The summed E-state index contributed by atoms with van der Waals surface area (Å²) in [7, 11) is 2.17. The van der Waals surface area contributed by atoms with Crippen molar-refractivity contribution in [2.45, 2.75) is 26.8 Å². The highest BCUT2D eigenvalue weighted by atomic mass is 15.1. The Bertz CT molecular complexity index is 395. The molecule has 0 fully saturated rings. The average molecular weight is 244 g/mol. The number of benzene rings is 1. The van der Waals surface area contributed by atoms with Crippen molar-refractivity contribution in [1.82, 2.24) is 4.90 Å². The molecule has 18 heavy (non-hydrogen) atoms. The standard InChI is InChI=1S/C16H24N2/c1-14(2)10-12-18(3)13-16-8-6-15(7-9-16)5-4-11-17/h6-9,14H,10-13,17H2,1-3H3. The Morgan fingerprint density at radius 2 is 1.89 bits per heavy atom. The fraction of sp³-hybridized carbons (Fsp3) is 0.500. The number of hydrogen-bond donors (Lipinski definition) is 1. The first-order chi connectivity index (χ1) is 8.61. The third kappa shape index (κ3) is 5.86. The molecular weight excluding hydrogens is 220 g/mol. The van der Waals surface area contributed by atoms with Crippen LogP contribution >= 0.6 is 0 Å². The van der Waals surface area contributed by atoms with Crippen LogP contribution in [0.25, 0.3) is 0 Å². The van der Waals surface area contributed by atoms with Crippen LogP contribution in [-0.4, -0.2) is 25.0 Å². The molecule has 0 aliphatic carbocycles. The Morgan fingerprint density at radius 3 is 2.44 bits per heavy atom.